The number of nitrogens with zero attached hydrogens (tertiary/aromatic N) is 1. The van der Waals surface area contributed by atoms with Crippen LogP contribution < -0.4 is 10.6 Å². The van der Waals surface area contributed by atoms with Crippen LogP contribution in [0.3, 0.4) is 0 Å². The second-order valence-corrected chi connectivity index (χ2v) is 3.09. The molecule has 2 aliphatic heterocycles. The maximum absolute atomic E-state index is 11.0. The molecule has 2 rings (SSSR count). The van der Waals surface area contributed by atoms with Crippen LogP contribution in [0, 0.1) is 5.92 Å². The molecule has 1 amide bonds. The monoisotopic (exact) mass is 177 g/mol. The molecule has 2 aliphatic rings. The van der Waals surface area contributed by atoms with Gasteiger partial charge in [0, 0.05) is 43.2 Å². The van der Waals surface area contributed by atoms with Gasteiger partial charge < -0.3 is 10.6 Å². The molecule has 2 N–H and O–H groups in total. The number of rotatable bonds is 1. The van der Waals surface area contributed by atoms with E-state index in [1.807, 2.05) is 12.3 Å². The van der Waals surface area contributed by atoms with Gasteiger partial charge in [-0.2, -0.15) is 0 Å². The first-order valence-electron chi connectivity index (χ1n) is 4.28. The Bertz CT molecular complexity index is 304. The van der Waals surface area contributed by atoms with E-state index >= 15 is 0 Å². The molecule has 4 nitrogen and oxygen atoms in total. The largest absolute Gasteiger partial charge is 0.363 e. The van der Waals surface area contributed by atoms with Gasteiger partial charge in [0.05, 0.1) is 0 Å². The van der Waals surface area contributed by atoms with Gasteiger partial charge in [-0.25, -0.2) is 0 Å². The van der Waals surface area contributed by atoms with Gasteiger partial charge in [-0.3, -0.25) is 9.79 Å². The van der Waals surface area contributed by atoms with E-state index in [2.05, 4.69) is 15.6 Å². The number of aliphatic imine (C=N–C) groups is 1. The minimum atomic E-state index is 0.116. The fraction of sp³-hybridized carbons (Fsp3) is 0.333. The third-order valence-electron chi connectivity index (χ3n) is 2.15. The summed E-state index contributed by atoms with van der Waals surface area (Å²) in [6.45, 7) is 0.709. The van der Waals surface area contributed by atoms with Crippen LogP contribution >= 0.6 is 0 Å². The van der Waals surface area contributed by atoms with Crippen molar-refractivity contribution in [3.8, 4) is 0 Å². The summed E-state index contributed by atoms with van der Waals surface area (Å²) in [5.74, 6) is 0.359. The molecule has 1 saturated heterocycles. The predicted molar refractivity (Wildman–Crippen MR) is 50.0 cm³/mol. The molecular weight excluding hydrogens is 166 g/mol. The summed E-state index contributed by atoms with van der Waals surface area (Å²) < 4.78 is 0. The lowest BCUT2D eigenvalue weighted by atomic mass is 10.1. The molecule has 4 heteroatoms. The van der Waals surface area contributed by atoms with Crippen LogP contribution in [0.1, 0.15) is 6.42 Å². The number of amides is 1. The molecule has 0 spiro atoms. The second-order valence-electron chi connectivity index (χ2n) is 3.09. The summed E-state index contributed by atoms with van der Waals surface area (Å²) in [5.41, 5.74) is 1.00. The average molecular weight is 177 g/mol. The first-order chi connectivity index (χ1) is 6.36. The Morgan fingerprint density at radius 3 is 3.23 bits per heavy atom. The highest BCUT2D eigenvalue weighted by molar-refractivity contribution is 5.79. The molecule has 0 aromatic heterocycles. The Morgan fingerprint density at radius 1 is 1.54 bits per heavy atom. The third kappa shape index (κ3) is 1.77. The van der Waals surface area contributed by atoms with E-state index in [0.717, 1.165) is 5.70 Å². The highest BCUT2D eigenvalue weighted by Crippen LogP contribution is 2.17. The Labute approximate surface area is 76.4 Å². The number of nitrogens with one attached hydrogen (secondary N) is 2. The van der Waals surface area contributed by atoms with E-state index in [1.54, 1.807) is 12.4 Å². The van der Waals surface area contributed by atoms with Crippen LogP contribution in [-0.2, 0) is 4.79 Å². The van der Waals surface area contributed by atoms with Crippen molar-refractivity contribution in [1.29, 1.82) is 0 Å². The molecule has 1 fully saturated rings. The van der Waals surface area contributed by atoms with Crippen LogP contribution in [0.25, 0.3) is 0 Å². The smallest absolute Gasteiger partial charge is 0.220 e. The summed E-state index contributed by atoms with van der Waals surface area (Å²) in [6, 6.07) is 0. The molecule has 2 heterocycles. The Morgan fingerprint density at radius 2 is 2.46 bits per heavy atom. The lowest BCUT2D eigenvalue weighted by Gasteiger charge is -2.10. The Hall–Kier alpha value is -1.58. The van der Waals surface area contributed by atoms with Crippen molar-refractivity contribution in [2.45, 2.75) is 6.42 Å². The summed E-state index contributed by atoms with van der Waals surface area (Å²) in [6.07, 6.45) is 7.69. The lowest BCUT2D eigenvalue weighted by molar-refractivity contribution is -0.119. The van der Waals surface area contributed by atoms with Crippen LogP contribution in [-0.4, -0.2) is 18.7 Å². The fourth-order valence-electron chi connectivity index (χ4n) is 1.45. The average Bonchev–Trinajstić information content (AvgIpc) is 2.43. The SMILES string of the molecule is O=C1CC(C2=CN=CC=CN2)CN1. The molecule has 0 saturated carbocycles. The molecule has 0 aromatic carbocycles. The molecule has 0 radical (unpaired) electrons. The first kappa shape index (κ1) is 8.04. The molecule has 0 aliphatic carbocycles. The number of carbonyl (C=O) groups is 1. The summed E-state index contributed by atoms with van der Waals surface area (Å²) >= 11 is 0. The van der Waals surface area contributed by atoms with Gasteiger partial charge >= 0.3 is 0 Å². The highest BCUT2D eigenvalue weighted by Gasteiger charge is 2.24. The second kappa shape index (κ2) is 3.43. The zero-order chi connectivity index (χ0) is 9.10. The lowest BCUT2D eigenvalue weighted by Crippen LogP contribution is -2.18. The zero-order valence-electron chi connectivity index (χ0n) is 7.16. The molecule has 13 heavy (non-hydrogen) atoms. The maximum Gasteiger partial charge on any atom is 0.220 e. The standard InChI is InChI=1S/C9H11N3O/c13-9-4-7(5-12-9)8-6-10-2-1-3-11-8/h1-3,6-7,11H,4-5H2,(H,12,13). The van der Waals surface area contributed by atoms with Gasteiger partial charge in [-0.1, -0.05) is 0 Å². The van der Waals surface area contributed by atoms with E-state index in [-0.39, 0.29) is 11.8 Å². The number of hydrogen-bond donors (Lipinski definition) is 2. The molecule has 1 unspecified atom stereocenters. The molecule has 0 aromatic rings. The quantitative estimate of drug-likeness (QED) is 0.599. The predicted octanol–water partition coefficient (Wildman–Crippen LogP) is 0.152. The molecule has 0 bridgehead atoms. The van der Waals surface area contributed by atoms with Crippen molar-refractivity contribution in [2.24, 2.45) is 10.9 Å². The van der Waals surface area contributed by atoms with E-state index in [1.165, 1.54) is 0 Å². The Kier molecular flexibility index (Phi) is 2.12. The minimum Gasteiger partial charge on any atom is -0.363 e. The third-order valence-corrected chi connectivity index (χ3v) is 2.15. The van der Waals surface area contributed by atoms with E-state index < -0.39 is 0 Å². The van der Waals surface area contributed by atoms with E-state index in [9.17, 15) is 4.79 Å². The zero-order valence-corrected chi connectivity index (χ0v) is 7.16. The van der Waals surface area contributed by atoms with Crippen LogP contribution in [0.4, 0.5) is 0 Å². The topological polar surface area (TPSA) is 53.5 Å². The molecule has 68 valence electrons. The highest BCUT2D eigenvalue weighted by atomic mass is 16.1. The molecule has 1 atom stereocenters. The Balaban J connectivity index is 2.08. The van der Waals surface area contributed by atoms with Gasteiger partial charge in [0.25, 0.3) is 0 Å². The van der Waals surface area contributed by atoms with Crippen LogP contribution in [0.5, 0.6) is 0 Å². The van der Waals surface area contributed by atoms with Crippen molar-refractivity contribution < 1.29 is 4.79 Å². The number of hydrogen-bond acceptors (Lipinski definition) is 3. The van der Waals surface area contributed by atoms with Crippen molar-refractivity contribution in [3.63, 3.8) is 0 Å². The van der Waals surface area contributed by atoms with Gasteiger partial charge in [0.1, 0.15) is 0 Å². The normalized spacial score (nSPS) is 26.3. The summed E-state index contributed by atoms with van der Waals surface area (Å²) in [7, 11) is 0. The van der Waals surface area contributed by atoms with Crippen LogP contribution in [0.15, 0.2) is 29.2 Å². The van der Waals surface area contributed by atoms with Gasteiger partial charge in [-0.05, 0) is 6.08 Å². The maximum atomic E-state index is 11.0. The van der Waals surface area contributed by atoms with Crippen molar-refractivity contribution >= 4 is 12.1 Å². The van der Waals surface area contributed by atoms with Crippen molar-refractivity contribution in [3.05, 3.63) is 24.2 Å². The summed E-state index contributed by atoms with van der Waals surface area (Å²) in [5, 5.41) is 5.90. The van der Waals surface area contributed by atoms with Crippen molar-refractivity contribution in [2.75, 3.05) is 6.54 Å². The van der Waals surface area contributed by atoms with Crippen LogP contribution in [0.2, 0.25) is 0 Å². The van der Waals surface area contributed by atoms with Gasteiger partial charge in [-0.15, -0.1) is 0 Å². The first-order valence-corrected chi connectivity index (χ1v) is 4.28. The van der Waals surface area contributed by atoms with Gasteiger partial charge in [0.15, 0.2) is 0 Å². The molecular formula is C9H11N3O. The number of carbonyl (C=O) groups excluding carboxylic acids is 1. The summed E-state index contributed by atoms with van der Waals surface area (Å²) in [4.78, 5) is 15.0. The number of allylic oxidation sites excluding steroid dienone is 1. The minimum absolute atomic E-state index is 0.116. The van der Waals surface area contributed by atoms with E-state index in [0.29, 0.717) is 13.0 Å². The van der Waals surface area contributed by atoms with E-state index in [4.69, 9.17) is 0 Å². The fourth-order valence-corrected chi connectivity index (χ4v) is 1.45. The van der Waals surface area contributed by atoms with Gasteiger partial charge in [0.2, 0.25) is 5.91 Å². The van der Waals surface area contributed by atoms with Crippen molar-refractivity contribution in [1.82, 2.24) is 10.6 Å².